The maximum Gasteiger partial charge on any atom is 0.0949 e. The third kappa shape index (κ3) is 1.66. The van der Waals surface area contributed by atoms with Gasteiger partial charge in [0.25, 0.3) is 0 Å². The number of imidazole rings is 1. The van der Waals surface area contributed by atoms with Crippen LogP contribution in [-0.4, -0.2) is 28.8 Å². The van der Waals surface area contributed by atoms with Gasteiger partial charge < -0.3 is 14.6 Å². The molecule has 1 saturated heterocycles. The quantitative estimate of drug-likeness (QED) is 0.774. The monoisotopic (exact) mass is 221 g/mol. The molecule has 16 heavy (non-hydrogen) atoms. The summed E-state index contributed by atoms with van der Waals surface area (Å²) >= 11 is 0. The predicted octanol–water partition coefficient (Wildman–Crippen LogP) is 1.18. The second kappa shape index (κ2) is 4.18. The van der Waals surface area contributed by atoms with E-state index in [1.54, 1.807) is 0 Å². The first kappa shape index (κ1) is 10.3. The van der Waals surface area contributed by atoms with Gasteiger partial charge in [0.05, 0.1) is 29.9 Å². The van der Waals surface area contributed by atoms with Crippen LogP contribution in [0, 0.1) is 0 Å². The number of hydrogen-bond acceptors (Lipinski definition) is 3. The third-order valence-corrected chi connectivity index (χ3v) is 3.67. The highest BCUT2D eigenvalue weighted by Gasteiger charge is 2.32. The molecule has 0 spiro atoms. The standard InChI is InChI=1S/C12H19N3O/c1-15-8-14-9-5-6-13-11(12(9)15)10-4-2-3-7-16-10/h8,10-11,13H,2-7H2,1H3. The zero-order valence-electron chi connectivity index (χ0n) is 9.78. The minimum Gasteiger partial charge on any atom is -0.376 e. The molecule has 2 atom stereocenters. The largest absolute Gasteiger partial charge is 0.376 e. The van der Waals surface area contributed by atoms with Gasteiger partial charge in [-0.1, -0.05) is 0 Å². The molecule has 1 N–H and O–H groups in total. The van der Waals surface area contributed by atoms with E-state index in [-0.39, 0.29) is 0 Å². The van der Waals surface area contributed by atoms with Crippen molar-refractivity contribution in [2.45, 2.75) is 37.8 Å². The van der Waals surface area contributed by atoms with Crippen molar-refractivity contribution in [3.05, 3.63) is 17.7 Å². The van der Waals surface area contributed by atoms with Crippen molar-refractivity contribution in [1.82, 2.24) is 14.9 Å². The SMILES string of the molecule is Cn1cnc2c1C(C1CCCCO1)NCC2. The van der Waals surface area contributed by atoms with Crippen LogP contribution >= 0.6 is 0 Å². The Balaban J connectivity index is 1.88. The van der Waals surface area contributed by atoms with Gasteiger partial charge in [0, 0.05) is 26.6 Å². The Hall–Kier alpha value is -0.870. The van der Waals surface area contributed by atoms with Gasteiger partial charge in [0.15, 0.2) is 0 Å². The number of fused-ring (bicyclic) bond motifs is 1. The molecule has 0 amide bonds. The van der Waals surface area contributed by atoms with E-state index in [1.165, 1.54) is 30.7 Å². The Bertz CT molecular complexity index is 368. The zero-order chi connectivity index (χ0) is 11.0. The third-order valence-electron chi connectivity index (χ3n) is 3.67. The summed E-state index contributed by atoms with van der Waals surface area (Å²) < 4.78 is 8.04. The number of aromatic nitrogens is 2. The topological polar surface area (TPSA) is 39.1 Å². The Labute approximate surface area is 96.0 Å². The number of rotatable bonds is 1. The molecule has 0 radical (unpaired) electrons. The first-order valence-corrected chi connectivity index (χ1v) is 6.21. The lowest BCUT2D eigenvalue weighted by molar-refractivity contribution is -0.0110. The second-order valence-electron chi connectivity index (χ2n) is 4.77. The molecule has 0 bridgehead atoms. The summed E-state index contributed by atoms with van der Waals surface area (Å²) in [4.78, 5) is 4.47. The minimum absolute atomic E-state index is 0.336. The van der Waals surface area contributed by atoms with Crippen LogP contribution in [0.1, 0.15) is 36.7 Å². The van der Waals surface area contributed by atoms with Crippen LogP contribution in [0.25, 0.3) is 0 Å². The smallest absolute Gasteiger partial charge is 0.0949 e. The summed E-state index contributed by atoms with van der Waals surface area (Å²) in [6.07, 6.45) is 6.97. The average Bonchev–Trinajstić information content (AvgIpc) is 2.73. The summed E-state index contributed by atoms with van der Waals surface area (Å²) in [6.45, 7) is 1.94. The Morgan fingerprint density at radius 3 is 3.25 bits per heavy atom. The summed E-state index contributed by atoms with van der Waals surface area (Å²) in [5, 5.41) is 3.59. The fraction of sp³-hybridized carbons (Fsp3) is 0.750. The van der Waals surface area contributed by atoms with Crippen molar-refractivity contribution in [2.75, 3.05) is 13.2 Å². The lowest BCUT2D eigenvalue weighted by Gasteiger charge is -2.34. The molecule has 3 heterocycles. The van der Waals surface area contributed by atoms with E-state index in [0.29, 0.717) is 12.1 Å². The number of hydrogen-bond donors (Lipinski definition) is 1. The van der Waals surface area contributed by atoms with E-state index in [4.69, 9.17) is 4.74 Å². The molecule has 2 unspecified atom stereocenters. The number of ether oxygens (including phenoxy) is 1. The Kier molecular flexibility index (Phi) is 2.69. The zero-order valence-corrected chi connectivity index (χ0v) is 9.78. The normalized spacial score (nSPS) is 30.1. The van der Waals surface area contributed by atoms with E-state index in [1.807, 2.05) is 6.33 Å². The maximum atomic E-state index is 5.90. The van der Waals surface area contributed by atoms with Gasteiger partial charge in [-0.2, -0.15) is 0 Å². The van der Waals surface area contributed by atoms with Gasteiger partial charge in [-0.25, -0.2) is 4.98 Å². The molecule has 4 heteroatoms. The molecule has 4 nitrogen and oxygen atoms in total. The molecule has 1 fully saturated rings. The fourth-order valence-electron chi connectivity index (χ4n) is 2.86. The molecule has 2 aliphatic rings. The van der Waals surface area contributed by atoms with Gasteiger partial charge in [0.1, 0.15) is 0 Å². The van der Waals surface area contributed by atoms with Crippen molar-refractivity contribution in [2.24, 2.45) is 7.05 Å². The van der Waals surface area contributed by atoms with Crippen LogP contribution in [-0.2, 0) is 18.2 Å². The van der Waals surface area contributed by atoms with Crippen molar-refractivity contribution in [3.63, 3.8) is 0 Å². The van der Waals surface area contributed by atoms with Crippen LogP contribution in [0.3, 0.4) is 0 Å². The number of nitrogens with one attached hydrogen (secondary N) is 1. The van der Waals surface area contributed by atoms with Gasteiger partial charge in [-0.05, 0) is 19.3 Å². The molecule has 0 aromatic carbocycles. The lowest BCUT2D eigenvalue weighted by Crippen LogP contribution is -2.41. The van der Waals surface area contributed by atoms with E-state index >= 15 is 0 Å². The Morgan fingerprint density at radius 1 is 1.50 bits per heavy atom. The summed E-state index contributed by atoms with van der Waals surface area (Å²) in [6, 6.07) is 0.344. The molecule has 88 valence electrons. The van der Waals surface area contributed by atoms with Gasteiger partial charge in [-0.3, -0.25) is 0 Å². The molecular weight excluding hydrogens is 202 g/mol. The molecule has 2 aliphatic heterocycles. The number of nitrogens with zero attached hydrogens (tertiary/aromatic N) is 2. The summed E-state index contributed by atoms with van der Waals surface area (Å²) in [5.41, 5.74) is 2.58. The molecule has 0 aliphatic carbocycles. The number of aryl methyl sites for hydroxylation is 1. The van der Waals surface area contributed by atoms with E-state index in [0.717, 1.165) is 19.6 Å². The first-order valence-electron chi connectivity index (χ1n) is 6.21. The molecule has 3 rings (SSSR count). The van der Waals surface area contributed by atoms with E-state index in [2.05, 4.69) is 21.9 Å². The van der Waals surface area contributed by atoms with Crippen LogP contribution in [0.15, 0.2) is 6.33 Å². The van der Waals surface area contributed by atoms with Crippen LogP contribution in [0.5, 0.6) is 0 Å². The average molecular weight is 221 g/mol. The first-order chi connectivity index (χ1) is 7.86. The highest BCUT2D eigenvalue weighted by Crippen LogP contribution is 2.30. The summed E-state index contributed by atoms with van der Waals surface area (Å²) in [7, 11) is 2.08. The second-order valence-corrected chi connectivity index (χ2v) is 4.77. The van der Waals surface area contributed by atoms with E-state index < -0.39 is 0 Å². The maximum absolute atomic E-state index is 5.90. The lowest BCUT2D eigenvalue weighted by atomic mass is 9.95. The van der Waals surface area contributed by atoms with E-state index in [9.17, 15) is 0 Å². The highest BCUT2D eigenvalue weighted by molar-refractivity contribution is 5.22. The molecule has 1 aromatic rings. The van der Waals surface area contributed by atoms with Crippen molar-refractivity contribution in [1.29, 1.82) is 0 Å². The molecule has 0 saturated carbocycles. The minimum atomic E-state index is 0.336. The predicted molar refractivity (Wildman–Crippen MR) is 61.2 cm³/mol. The van der Waals surface area contributed by atoms with Gasteiger partial charge in [-0.15, -0.1) is 0 Å². The van der Waals surface area contributed by atoms with Crippen molar-refractivity contribution in [3.8, 4) is 0 Å². The van der Waals surface area contributed by atoms with Crippen molar-refractivity contribution >= 4 is 0 Å². The highest BCUT2D eigenvalue weighted by atomic mass is 16.5. The Morgan fingerprint density at radius 2 is 2.44 bits per heavy atom. The van der Waals surface area contributed by atoms with Crippen LogP contribution < -0.4 is 5.32 Å². The van der Waals surface area contributed by atoms with Gasteiger partial charge in [0.2, 0.25) is 0 Å². The van der Waals surface area contributed by atoms with Crippen molar-refractivity contribution < 1.29 is 4.74 Å². The fourth-order valence-corrected chi connectivity index (χ4v) is 2.86. The molecular formula is C12H19N3O. The van der Waals surface area contributed by atoms with Crippen LogP contribution in [0.4, 0.5) is 0 Å². The molecule has 1 aromatic heterocycles. The summed E-state index contributed by atoms with van der Waals surface area (Å²) in [5.74, 6) is 0. The van der Waals surface area contributed by atoms with Gasteiger partial charge >= 0.3 is 0 Å². The van der Waals surface area contributed by atoms with Crippen LogP contribution in [0.2, 0.25) is 0 Å².